The van der Waals surface area contributed by atoms with Crippen molar-refractivity contribution in [1.29, 1.82) is 5.26 Å². The molecule has 0 saturated carbocycles. The highest BCUT2D eigenvalue weighted by atomic mass is 16.3. The molecule has 0 radical (unpaired) electrons. The third-order valence-electron chi connectivity index (χ3n) is 5.14. The summed E-state index contributed by atoms with van der Waals surface area (Å²) >= 11 is 0. The molecule has 0 unspecified atom stereocenters. The van der Waals surface area contributed by atoms with Gasteiger partial charge in [0, 0.05) is 31.5 Å². The van der Waals surface area contributed by atoms with E-state index < -0.39 is 5.66 Å². The number of anilines is 1. The van der Waals surface area contributed by atoms with Gasteiger partial charge in [-0.25, -0.2) is 4.99 Å². The Morgan fingerprint density at radius 1 is 1.22 bits per heavy atom. The van der Waals surface area contributed by atoms with Gasteiger partial charge in [0.2, 0.25) is 0 Å². The first-order valence-corrected chi connectivity index (χ1v) is 8.77. The highest BCUT2D eigenvalue weighted by Gasteiger charge is 2.39. The Morgan fingerprint density at radius 3 is 2.59 bits per heavy atom. The van der Waals surface area contributed by atoms with Crippen LogP contribution >= 0.6 is 0 Å². The van der Waals surface area contributed by atoms with E-state index in [1.54, 1.807) is 41.3 Å². The number of hydrogen-bond donors (Lipinski definition) is 3. The molecular weight excluding hydrogens is 342 g/mol. The highest BCUT2D eigenvalue weighted by molar-refractivity contribution is 6.06. The van der Waals surface area contributed by atoms with Gasteiger partial charge in [-0.3, -0.25) is 4.79 Å². The molecule has 1 spiro atoms. The van der Waals surface area contributed by atoms with E-state index in [2.05, 4.69) is 16.4 Å². The molecule has 1 amide bonds. The standard InChI is InChI=1S/C20H19N5O2/c21-12-13-4-6-14(7-5-13)19(27)25-10-8-20(9-11-25)23-15-2-1-3-16(26)17(15)18(22)24-20/h1-7,23,26H,8-11H2,(H2,22,24). The number of nitrogens with zero attached hydrogens (tertiary/aromatic N) is 3. The molecule has 0 bridgehead atoms. The Hall–Kier alpha value is -3.53. The number of amidine groups is 1. The van der Waals surface area contributed by atoms with Crippen LogP contribution in [0.5, 0.6) is 5.75 Å². The molecule has 2 aliphatic heterocycles. The van der Waals surface area contributed by atoms with Crippen molar-refractivity contribution in [3.05, 3.63) is 59.2 Å². The number of likely N-dealkylation sites (tertiary alicyclic amines) is 1. The fourth-order valence-electron chi connectivity index (χ4n) is 3.67. The molecule has 0 aromatic heterocycles. The number of aliphatic imine (C=N–C) groups is 1. The van der Waals surface area contributed by atoms with Crippen LogP contribution in [0.2, 0.25) is 0 Å². The number of carbonyl (C=O) groups is 1. The Labute approximate surface area is 156 Å². The predicted octanol–water partition coefficient (Wildman–Crippen LogP) is 2.03. The van der Waals surface area contributed by atoms with Crippen molar-refractivity contribution >= 4 is 17.4 Å². The van der Waals surface area contributed by atoms with E-state index in [9.17, 15) is 9.90 Å². The molecule has 7 heteroatoms. The topological polar surface area (TPSA) is 115 Å². The molecule has 4 N–H and O–H groups in total. The Balaban J connectivity index is 1.50. The molecule has 2 aliphatic rings. The zero-order chi connectivity index (χ0) is 19.0. The minimum atomic E-state index is -0.563. The van der Waals surface area contributed by atoms with Crippen molar-refractivity contribution < 1.29 is 9.90 Å². The van der Waals surface area contributed by atoms with Crippen LogP contribution in [0.25, 0.3) is 0 Å². The number of fused-ring (bicyclic) bond motifs is 1. The van der Waals surface area contributed by atoms with Crippen LogP contribution in [0.4, 0.5) is 5.69 Å². The van der Waals surface area contributed by atoms with E-state index in [0.717, 1.165) is 5.69 Å². The second kappa shape index (κ2) is 6.32. The summed E-state index contributed by atoms with van der Waals surface area (Å²) in [6.45, 7) is 1.08. The summed E-state index contributed by atoms with van der Waals surface area (Å²) in [5, 5.41) is 22.3. The number of nitrogens with one attached hydrogen (secondary N) is 1. The number of piperidine rings is 1. The Kier molecular flexibility index (Phi) is 3.96. The molecule has 2 aromatic carbocycles. The van der Waals surface area contributed by atoms with Crippen molar-refractivity contribution in [2.75, 3.05) is 18.4 Å². The monoisotopic (exact) mass is 361 g/mol. The predicted molar refractivity (Wildman–Crippen MR) is 101 cm³/mol. The van der Waals surface area contributed by atoms with Crippen LogP contribution in [-0.4, -0.2) is 40.5 Å². The third-order valence-corrected chi connectivity index (χ3v) is 5.14. The summed E-state index contributed by atoms with van der Waals surface area (Å²) in [5.41, 5.74) is 7.93. The minimum absolute atomic E-state index is 0.0554. The van der Waals surface area contributed by atoms with Gasteiger partial charge in [-0.2, -0.15) is 5.26 Å². The van der Waals surface area contributed by atoms with Gasteiger partial charge < -0.3 is 21.1 Å². The van der Waals surface area contributed by atoms with Crippen LogP contribution in [0.3, 0.4) is 0 Å². The van der Waals surface area contributed by atoms with E-state index in [-0.39, 0.29) is 11.7 Å². The molecule has 0 aliphatic carbocycles. The van der Waals surface area contributed by atoms with E-state index in [4.69, 9.17) is 11.0 Å². The number of carbonyl (C=O) groups excluding carboxylic acids is 1. The lowest BCUT2D eigenvalue weighted by molar-refractivity contribution is 0.0685. The van der Waals surface area contributed by atoms with Crippen molar-refractivity contribution in [2.45, 2.75) is 18.5 Å². The van der Waals surface area contributed by atoms with Gasteiger partial charge in [0.05, 0.1) is 22.9 Å². The van der Waals surface area contributed by atoms with E-state index in [1.165, 1.54) is 0 Å². The first-order chi connectivity index (χ1) is 13.0. The first kappa shape index (κ1) is 16.9. The van der Waals surface area contributed by atoms with Gasteiger partial charge >= 0.3 is 0 Å². The van der Waals surface area contributed by atoms with Crippen LogP contribution in [0.15, 0.2) is 47.5 Å². The smallest absolute Gasteiger partial charge is 0.253 e. The molecular formula is C20H19N5O2. The average Bonchev–Trinajstić information content (AvgIpc) is 2.68. The van der Waals surface area contributed by atoms with Crippen molar-refractivity contribution in [3.8, 4) is 11.8 Å². The van der Waals surface area contributed by atoms with E-state index in [1.807, 2.05) is 6.07 Å². The molecule has 2 heterocycles. The number of nitrogens with two attached hydrogens (primary N) is 1. The van der Waals surface area contributed by atoms with Gasteiger partial charge in [-0.15, -0.1) is 0 Å². The zero-order valence-electron chi connectivity index (χ0n) is 14.6. The molecule has 0 atom stereocenters. The number of amides is 1. The second-order valence-electron chi connectivity index (χ2n) is 6.83. The van der Waals surface area contributed by atoms with Gasteiger partial charge in [-0.05, 0) is 36.4 Å². The summed E-state index contributed by atoms with van der Waals surface area (Å²) in [6, 6.07) is 13.9. The third kappa shape index (κ3) is 2.95. The number of aromatic hydroxyl groups is 1. The number of phenols is 1. The molecule has 27 heavy (non-hydrogen) atoms. The van der Waals surface area contributed by atoms with Crippen LogP contribution in [0, 0.1) is 11.3 Å². The summed E-state index contributed by atoms with van der Waals surface area (Å²) < 4.78 is 0. The van der Waals surface area contributed by atoms with Gasteiger partial charge in [0.1, 0.15) is 17.2 Å². The van der Waals surface area contributed by atoms with Crippen LogP contribution in [0.1, 0.15) is 34.3 Å². The second-order valence-corrected chi connectivity index (χ2v) is 6.83. The molecule has 2 aromatic rings. The zero-order valence-corrected chi connectivity index (χ0v) is 14.6. The fraction of sp³-hybridized carbons (Fsp3) is 0.250. The lowest BCUT2D eigenvalue weighted by Gasteiger charge is -2.42. The molecule has 136 valence electrons. The molecule has 4 rings (SSSR count). The molecule has 7 nitrogen and oxygen atoms in total. The maximum Gasteiger partial charge on any atom is 0.253 e. The fourth-order valence-corrected chi connectivity index (χ4v) is 3.67. The van der Waals surface area contributed by atoms with Crippen molar-refractivity contribution in [1.82, 2.24) is 4.90 Å². The first-order valence-electron chi connectivity index (χ1n) is 8.77. The summed E-state index contributed by atoms with van der Waals surface area (Å²) in [7, 11) is 0. The highest BCUT2D eigenvalue weighted by Crippen LogP contribution is 2.37. The summed E-state index contributed by atoms with van der Waals surface area (Å²) in [5.74, 6) is 0.360. The maximum atomic E-state index is 12.7. The Morgan fingerprint density at radius 2 is 1.93 bits per heavy atom. The largest absolute Gasteiger partial charge is 0.507 e. The van der Waals surface area contributed by atoms with Crippen LogP contribution in [-0.2, 0) is 0 Å². The lowest BCUT2D eigenvalue weighted by atomic mass is 9.93. The quantitative estimate of drug-likeness (QED) is 0.719. The van der Waals surface area contributed by atoms with E-state index >= 15 is 0 Å². The van der Waals surface area contributed by atoms with Gasteiger partial charge in [-0.1, -0.05) is 6.07 Å². The normalized spacial score (nSPS) is 17.4. The van der Waals surface area contributed by atoms with Crippen LogP contribution < -0.4 is 11.1 Å². The average molecular weight is 361 g/mol. The number of rotatable bonds is 1. The Bertz CT molecular complexity index is 967. The summed E-state index contributed by atoms with van der Waals surface area (Å²) in [6.07, 6.45) is 1.23. The maximum absolute atomic E-state index is 12.7. The number of hydrogen-bond acceptors (Lipinski definition) is 6. The molecule has 1 fully saturated rings. The summed E-state index contributed by atoms with van der Waals surface area (Å²) in [4.78, 5) is 19.1. The van der Waals surface area contributed by atoms with Crippen molar-refractivity contribution in [3.63, 3.8) is 0 Å². The molecule has 1 saturated heterocycles. The minimum Gasteiger partial charge on any atom is -0.507 e. The lowest BCUT2D eigenvalue weighted by Crippen LogP contribution is -2.52. The number of nitriles is 1. The SMILES string of the molecule is N#Cc1ccc(C(=O)N2CCC3(CC2)N=C(N)c2c(O)cccc2N3)cc1. The van der Waals surface area contributed by atoms with Crippen molar-refractivity contribution in [2.24, 2.45) is 10.7 Å². The number of phenolic OH excluding ortho intramolecular Hbond substituents is 1. The van der Waals surface area contributed by atoms with E-state index in [0.29, 0.717) is 48.5 Å². The van der Waals surface area contributed by atoms with Gasteiger partial charge in [0.15, 0.2) is 0 Å². The number of benzene rings is 2. The van der Waals surface area contributed by atoms with Gasteiger partial charge in [0.25, 0.3) is 5.91 Å².